The van der Waals surface area contributed by atoms with E-state index in [2.05, 4.69) is 25.6 Å². The molecule has 0 fully saturated rings. The van der Waals surface area contributed by atoms with Crippen molar-refractivity contribution in [2.24, 2.45) is 0 Å². The number of hydrogen-bond donors (Lipinski definition) is 2. The molecule has 2 aromatic carbocycles. The molecular weight excluding hydrogens is 400 g/mol. The van der Waals surface area contributed by atoms with Crippen molar-refractivity contribution < 1.29 is 4.92 Å². The van der Waals surface area contributed by atoms with Crippen LogP contribution in [0.15, 0.2) is 48.8 Å². The van der Waals surface area contributed by atoms with Gasteiger partial charge in [0, 0.05) is 0 Å². The van der Waals surface area contributed by atoms with Crippen molar-refractivity contribution in [1.29, 1.82) is 0 Å². The minimum absolute atomic E-state index is 0.0351. The van der Waals surface area contributed by atoms with Gasteiger partial charge in [0.05, 0.1) is 25.8 Å². The van der Waals surface area contributed by atoms with Gasteiger partial charge in [-0.2, -0.15) is 0 Å². The number of hydrogen-bond acceptors (Lipinski definition) is 8. The van der Waals surface area contributed by atoms with Gasteiger partial charge in [0.25, 0.3) is 0 Å². The molecule has 2 N–H and O–H groups in total. The van der Waals surface area contributed by atoms with Crippen molar-refractivity contribution in [3.05, 3.63) is 69.5 Å². The van der Waals surface area contributed by atoms with E-state index in [9.17, 15) is 10.1 Å². The molecule has 4 aromatic rings. The van der Waals surface area contributed by atoms with Gasteiger partial charge < -0.3 is 10.6 Å². The number of halogens is 1. The van der Waals surface area contributed by atoms with E-state index in [1.807, 2.05) is 25.1 Å². The summed E-state index contributed by atoms with van der Waals surface area (Å²) >= 11 is 7.53. The molecule has 0 saturated heterocycles. The Morgan fingerprint density at radius 2 is 1.82 bits per heavy atom. The van der Waals surface area contributed by atoms with Crippen LogP contribution in [-0.4, -0.2) is 19.9 Å². The van der Waals surface area contributed by atoms with Crippen LogP contribution in [0.1, 0.15) is 5.56 Å². The van der Waals surface area contributed by atoms with Crippen LogP contribution in [0, 0.1) is 17.0 Å². The molecule has 28 heavy (non-hydrogen) atoms. The summed E-state index contributed by atoms with van der Waals surface area (Å²) in [6, 6.07) is 12.8. The predicted octanol–water partition coefficient (Wildman–Crippen LogP) is 5.44. The van der Waals surface area contributed by atoms with E-state index in [-0.39, 0.29) is 17.3 Å². The second-order valence-corrected chi connectivity index (χ2v) is 7.28. The van der Waals surface area contributed by atoms with Crippen LogP contribution in [-0.2, 0) is 0 Å². The van der Waals surface area contributed by atoms with Crippen LogP contribution in [0.2, 0.25) is 5.02 Å². The second-order valence-electron chi connectivity index (χ2n) is 5.85. The van der Waals surface area contributed by atoms with Gasteiger partial charge in [-0.3, -0.25) is 10.1 Å². The quantitative estimate of drug-likeness (QED) is 0.332. The van der Waals surface area contributed by atoms with Crippen molar-refractivity contribution in [3.8, 4) is 0 Å². The molecule has 140 valence electrons. The van der Waals surface area contributed by atoms with E-state index in [1.54, 1.807) is 24.3 Å². The Labute approximate surface area is 168 Å². The normalized spacial score (nSPS) is 10.8. The standard InChI is InChI=1S/C18H13ClN6O2S/c1-10-5-4-8-13-14(10)23-18(28-13)24-17-15(25(26)27)16(20-9-21-17)22-12-7-3-2-6-11(12)19/h2-9H,1H3,(H2,20,21,22,23,24). The highest BCUT2D eigenvalue weighted by atomic mass is 35.5. The SMILES string of the molecule is Cc1cccc2sc(Nc3ncnc(Nc4ccccc4Cl)c3[N+](=O)[O-])nc12. The van der Waals surface area contributed by atoms with Gasteiger partial charge in [0.1, 0.15) is 6.33 Å². The van der Waals surface area contributed by atoms with Crippen LogP contribution in [0.5, 0.6) is 0 Å². The molecule has 0 amide bonds. The lowest BCUT2D eigenvalue weighted by Crippen LogP contribution is -2.05. The van der Waals surface area contributed by atoms with Gasteiger partial charge in [-0.25, -0.2) is 15.0 Å². The number of para-hydroxylation sites is 2. The van der Waals surface area contributed by atoms with Gasteiger partial charge in [0.2, 0.25) is 11.6 Å². The molecule has 2 heterocycles. The highest BCUT2D eigenvalue weighted by Crippen LogP contribution is 2.36. The Morgan fingerprint density at radius 3 is 2.54 bits per heavy atom. The van der Waals surface area contributed by atoms with Crippen molar-refractivity contribution in [2.45, 2.75) is 6.92 Å². The van der Waals surface area contributed by atoms with Gasteiger partial charge in [-0.05, 0) is 30.7 Å². The molecule has 0 radical (unpaired) electrons. The zero-order chi connectivity index (χ0) is 19.7. The van der Waals surface area contributed by atoms with Crippen LogP contribution < -0.4 is 10.6 Å². The highest BCUT2D eigenvalue weighted by molar-refractivity contribution is 7.22. The van der Waals surface area contributed by atoms with Crippen molar-refractivity contribution in [3.63, 3.8) is 0 Å². The van der Waals surface area contributed by atoms with E-state index in [4.69, 9.17) is 11.6 Å². The number of aryl methyl sites for hydroxylation is 1. The van der Waals surface area contributed by atoms with Gasteiger partial charge in [-0.15, -0.1) is 0 Å². The van der Waals surface area contributed by atoms with E-state index in [0.29, 0.717) is 15.8 Å². The minimum atomic E-state index is -0.542. The molecule has 0 saturated carbocycles. The van der Waals surface area contributed by atoms with E-state index >= 15 is 0 Å². The smallest absolute Gasteiger partial charge is 0.333 e. The number of fused-ring (bicyclic) bond motifs is 1. The van der Waals surface area contributed by atoms with Crippen molar-refractivity contribution in [2.75, 3.05) is 10.6 Å². The molecule has 0 unspecified atom stereocenters. The van der Waals surface area contributed by atoms with Crippen LogP contribution in [0.3, 0.4) is 0 Å². The monoisotopic (exact) mass is 412 g/mol. The number of thiazole rings is 1. The molecule has 2 aromatic heterocycles. The molecule has 10 heteroatoms. The summed E-state index contributed by atoms with van der Waals surface area (Å²) in [7, 11) is 0. The van der Waals surface area contributed by atoms with E-state index < -0.39 is 4.92 Å². The largest absolute Gasteiger partial charge is 0.353 e. The number of nitro groups is 1. The van der Waals surface area contributed by atoms with Crippen LogP contribution in [0.4, 0.5) is 28.1 Å². The number of aromatic nitrogens is 3. The topological polar surface area (TPSA) is 106 Å². The Morgan fingerprint density at radius 1 is 1.07 bits per heavy atom. The van der Waals surface area contributed by atoms with E-state index in [0.717, 1.165) is 15.8 Å². The summed E-state index contributed by atoms with van der Waals surface area (Å²) in [6.45, 7) is 1.96. The van der Waals surface area contributed by atoms with Crippen LogP contribution >= 0.6 is 22.9 Å². The Bertz CT molecular complexity index is 1200. The fourth-order valence-corrected chi connectivity index (χ4v) is 3.79. The summed E-state index contributed by atoms with van der Waals surface area (Å²) in [5.41, 5.74) is 2.09. The third kappa shape index (κ3) is 3.45. The average molecular weight is 413 g/mol. The number of benzene rings is 2. The molecule has 0 atom stereocenters. The Kier molecular flexibility index (Phi) is 4.76. The Balaban J connectivity index is 1.73. The molecular formula is C18H13ClN6O2S. The summed E-state index contributed by atoms with van der Waals surface area (Å²) in [4.78, 5) is 23.8. The zero-order valence-electron chi connectivity index (χ0n) is 14.5. The minimum Gasteiger partial charge on any atom is -0.333 e. The van der Waals surface area contributed by atoms with Gasteiger partial charge in [-0.1, -0.05) is 47.2 Å². The van der Waals surface area contributed by atoms with Gasteiger partial charge >= 0.3 is 5.69 Å². The average Bonchev–Trinajstić information content (AvgIpc) is 3.07. The first-order valence-corrected chi connectivity index (χ1v) is 9.36. The number of anilines is 4. The third-order valence-corrected chi connectivity index (χ3v) is 5.24. The van der Waals surface area contributed by atoms with Crippen molar-refractivity contribution >= 4 is 61.3 Å². The third-order valence-electron chi connectivity index (χ3n) is 3.98. The van der Waals surface area contributed by atoms with Crippen LogP contribution in [0.25, 0.3) is 10.2 Å². The first kappa shape index (κ1) is 18.1. The first-order chi connectivity index (χ1) is 13.5. The van der Waals surface area contributed by atoms with Crippen molar-refractivity contribution in [1.82, 2.24) is 15.0 Å². The highest BCUT2D eigenvalue weighted by Gasteiger charge is 2.24. The lowest BCUT2D eigenvalue weighted by atomic mass is 10.2. The molecule has 0 aliphatic heterocycles. The van der Waals surface area contributed by atoms with Gasteiger partial charge in [0.15, 0.2) is 5.13 Å². The molecule has 0 bridgehead atoms. The molecule has 8 nitrogen and oxygen atoms in total. The fraction of sp³-hybridized carbons (Fsp3) is 0.0556. The Hall–Kier alpha value is -3.30. The summed E-state index contributed by atoms with van der Waals surface area (Å²) < 4.78 is 0.980. The molecule has 0 spiro atoms. The summed E-state index contributed by atoms with van der Waals surface area (Å²) in [6.07, 6.45) is 1.24. The second kappa shape index (κ2) is 7.37. The predicted molar refractivity (Wildman–Crippen MR) is 111 cm³/mol. The molecule has 4 rings (SSSR count). The lowest BCUT2D eigenvalue weighted by molar-refractivity contribution is -0.383. The van der Waals surface area contributed by atoms with E-state index in [1.165, 1.54) is 17.7 Å². The number of nitrogens with zero attached hydrogens (tertiary/aromatic N) is 4. The maximum Gasteiger partial charge on any atom is 0.353 e. The molecule has 0 aliphatic carbocycles. The maximum atomic E-state index is 11.7. The summed E-state index contributed by atoms with van der Waals surface area (Å²) in [5.74, 6) is 0.0826. The summed E-state index contributed by atoms with van der Waals surface area (Å²) in [5, 5.41) is 18.5. The lowest BCUT2D eigenvalue weighted by Gasteiger charge is -2.09. The molecule has 0 aliphatic rings. The number of nitrogens with one attached hydrogen (secondary N) is 2. The first-order valence-electron chi connectivity index (χ1n) is 8.17. The fourth-order valence-electron chi connectivity index (χ4n) is 2.67. The number of rotatable bonds is 5. The zero-order valence-corrected chi connectivity index (χ0v) is 16.1. The maximum absolute atomic E-state index is 11.7.